The van der Waals surface area contributed by atoms with Gasteiger partial charge >= 0.3 is 0 Å². The van der Waals surface area contributed by atoms with Crippen molar-refractivity contribution in [1.82, 2.24) is 15.0 Å². The van der Waals surface area contributed by atoms with Gasteiger partial charge in [0.05, 0.1) is 5.60 Å². The zero-order valence-corrected chi connectivity index (χ0v) is 21.8. The van der Waals surface area contributed by atoms with Gasteiger partial charge < -0.3 is 5.11 Å². The average molecular weight is 500 g/mol. The molecule has 1 aromatic heterocycles. The SMILES string of the molecule is CC[C@]12CC[C@@](C)(O)C[C@H]1CC[C@H]1[C@@H]3CC[C@H](C(=O)Cn4nnc5ccc(F)c(F)c54)[C@@]3(C)CC[C@@H]12. The standard InChI is InChI=1S/C29H39F2N3O2/c1-4-29-14-13-27(2,36)15-17(29)5-6-18-19-7-8-21(28(19,3)12-11-20(18)29)24(35)16-34-26-23(32-33-34)10-9-22(30)25(26)31/h9-10,17-21,36H,4-8,11-16H2,1-3H3/t17-,18+,19+,20+,21-,27-,28+,29+/m1/s1. The fraction of sp³-hybridized carbons (Fsp3) is 0.759. The lowest BCUT2D eigenvalue weighted by Gasteiger charge is -2.63. The van der Waals surface area contributed by atoms with Crippen LogP contribution in [0.2, 0.25) is 0 Å². The molecule has 4 saturated carbocycles. The zero-order valence-electron chi connectivity index (χ0n) is 21.8. The number of aromatic nitrogens is 3. The van der Waals surface area contributed by atoms with E-state index in [9.17, 15) is 18.7 Å². The van der Waals surface area contributed by atoms with E-state index >= 15 is 0 Å². The molecule has 2 aromatic rings. The Balaban J connectivity index is 1.24. The number of fused-ring (bicyclic) bond motifs is 6. The van der Waals surface area contributed by atoms with Gasteiger partial charge in [0.15, 0.2) is 17.4 Å². The Morgan fingerprint density at radius 1 is 1.08 bits per heavy atom. The van der Waals surface area contributed by atoms with E-state index in [1.165, 1.54) is 30.0 Å². The highest BCUT2D eigenvalue weighted by atomic mass is 19.2. The lowest BCUT2D eigenvalue weighted by Crippen LogP contribution is -2.56. The van der Waals surface area contributed by atoms with Crippen LogP contribution in [-0.2, 0) is 11.3 Å². The molecular weight excluding hydrogens is 460 g/mol. The number of nitrogens with zero attached hydrogens (tertiary/aromatic N) is 3. The topological polar surface area (TPSA) is 68.0 Å². The Hall–Kier alpha value is -1.89. The van der Waals surface area contributed by atoms with Gasteiger partial charge in [-0.2, -0.15) is 0 Å². The van der Waals surface area contributed by atoms with Crippen LogP contribution in [0.4, 0.5) is 8.78 Å². The van der Waals surface area contributed by atoms with Crippen molar-refractivity contribution in [1.29, 1.82) is 0 Å². The van der Waals surface area contributed by atoms with Gasteiger partial charge in [-0.3, -0.25) is 4.79 Å². The number of halogens is 2. The van der Waals surface area contributed by atoms with Crippen LogP contribution >= 0.6 is 0 Å². The minimum atomic E-state index is -0.991. The summed E-state index contributed by atoms with van der Waals surface area (Å²) in [6.07, 6.45) is 10.6. The van der Waals surface area contributed by atoms with Crippen molar-refractivity contribution in [3.63, 3.8) is 0 Å². The molecule has 7 heteroatoms. The van der Waals surface area contributed by atoms with Gasteiger partial charge in [0, 0.05) is 5.92 Å². The minimum absolute atomic E-state index is 0.0249. The first-order valence-electron chi connectivity index (χ1n) is 14.0. The normalized spacial score (nSPS) is 42.1. The molecule has 1 heterocycles. The maximum absolute atomic E-state index is 14.5. The number of hydrogen-bond acceptors (Lipinski definition) is 4. The van der Waals surface area contributed by atoms with Gasteiger partial charge in [0.25, 0.3) is 0 Å². The molecule has 36 heavy (non-hydrogen) atoms. The van der Waals surface area contributed by atoms with Crippen LogP contribution in [0, 0.1) is 52.1 Å². The van der Waals surface area contributed by atoms with Crippen LogP contribution in [0.1, 0.15) is 85.0 Å². The molecule has 8 atom stereocenters. The summed E-state index contributed by atoms with van der Waals surface area (Å²) in [7, 11) is 0. The lowest BCUT2D eigenvalue weighted by molar-refractivity contribution is -0.158. The van der Waals surface area contributed by atoms with E-state index in [1.807, 2.05) is 6.92 Å². The van der Waals surface area contributed by atoms with Gasteiger partial charge in [0.2, 0.25) is 0 Å². The van der Waals surface area contributed by atoms with Gasteiger partial charge in [-0.15, -0.1) is 5.10 Å². The molecule has 4 aliphatic carbocycles. The summed E-state index contributed by atoms with van der Waals surface area (Å²) >= 11 is 0. The highest BCUT2D eigenvalue weighted by Gasteiger charge is 2.62. The average Bonchev–Trinajstić information content (AvgIpc) is 3.41. The third-order valence-corrected chi connectivity index (χ3v) is 11.6. The molecule has 6 rings (SSSR count). The summed E-state index contributed by atoms with van der Waals surface area (Å²) in [6.45, 7) is 6.63. The number of aliphatic hydroxyl groups is 1. The maximum Gasteiger partial charge on any atom is 0.186 e. The fourth-order valence-corrected chi connectivity index (χ4v) is 9.85. The molecule has 196 valence electrons. The molecule has 0 unspecified atom stereocenters. The van der Waals surface area contributed by atoms with Crippen molar-refractivity contribution in [2.24, 2.45) is 40.4 Å². The van der Waals surface area contributed by atoms with Crippen molar-refractivity contribution >= 4 is 16.8 Å². The fourth-order valence-electron chi connectivity index (χ4n) is 9.85. The Bertz CT molecular complexity index is 1190. The van der Waals surface area contributed by atoms with E-state index in [0.29, 0.717) is 29.1 Å². The van der Waals surface area contributed by atoms with Crippen molar-refractivity contribution in [3.05, 3.63) is 23.8 Å². The van der Waals surface area contributed by atoms with Gasteiger partial charge in [0.1, 0.15) is 17.6 Å². The number of benzene rings is 1. The summed E-state index contributed by atoms with van der Waals surface area (Å²) in [6, 6.07) is 2.45. The summed E-state index contributed by atoms with van der Waals surface area (Å²) in [5.74, 6) is 0.498. The Labute approximate surface area is 212 Å². The molecule has 0 spiro atoms. The third kappa shape index (κ3) is 3.44. The molecule has 0 radical (unpaired) electrons. The van der Waals surface area contributed by atoms with E-state index < -0.39 is 17.2 Å². The molecule has 1 aromatic carbocycles. The number of carbonyl (C=O) groups excluding carboxylic acids is 1. The minimum Gasteiger partial charge on any atom is -0.390 e. The monoisotopic (exact) mass is 499 g/mol. The van der Waals surface area contributed by atoms with E-state index in [0.717, 1.165) is 51.0 Å². The van der Waals surface area contributed by atoms with Crippen LogP contribution in [0.15, 0.2) is 12.1 Å². The Morgan fingerprint density at radius 2 is 1.89 bits per heavy atom. The number of hydrogen-bond donors (Lipinski definition) is 1. The van der Waals surface area contributed by atoms with Crippen LogP contribution in [0.5, 0.6) is 0 Å². The lowest BCUT2D eigenvalue weighted by atomic mass is 9.42. The summed E-state index contributed by atoms with van der Waals surface area (Å²) < 4.78 is 29.6. The van der Waals surface area contributed by atoms with E-state index in [2.05, 4.69) is 24.2 Å². The second-order valence-electron chi connectivity index (χ2n) is 13.1. The van der Waals surface area contributed by atoms with Gasteiger partial charge in [-0.05, 0) is 118 Å². The Kier molecular flexibility index (Phi) is 5.64. The number of rotatable bonds is 4. The first-order chi connectivity index (χ1) is 17.1. The largest absolute Gasteiger partial charge is 0.390 e. The first kappa shape index (κ1) is 24.4. The van der Waals surface area contributed by atoms with Crippen molar-refractivity contribution < 1.29 is 18.7 Å². The second kappa shape index (κ2) is 8.31. The molecule has 0 bridgehead atoms. The summed E-state index contributed by atoms with van der Waals surface area (Å²) in [4.78, 5) is 13.7. The van der Waals surface area contributed by atoms with Gasteiger partial charge in [-0.1, -0.05) is 19.1 Å². The molecule has 0 saturated heterocycles. The summed E-state index contributed by atoms with van der Waals surface area (Å²) in [5, 5.41) is 18.8. The van der Waals surface area contributed by atoms with Gasteiger partial charge in [-0.25, -0.2) is 13.5 Å². The molecule has 1 N–H and O–H groups in total. The van der Waals surface area contributed by atoms with Crippen LogP contribution in [-0.4, -0.2) is 31.5 Å². The second-order valence-corrected chi connectivity index (χ2v) is 13.1. The van der Waals surface area contributed by atoms with Crippen molar-refractivity contribution in [3.8, 4) is 0 Å². The third-order valence-electron chi connectivity index (χ3n) is 11.6. The highest BCUT2D eigenvalue weighted by molar-refractivity contribution is 5.84. The maximum atomic E-state index is 14.5. The quantitative estimate of drug-likeness (QED) is 0.554. The molecular formula is C29H39F2N3O2. The molecule has 0 aliphatic heterocycles. The number of ketones is 1. The number of Topliss-reactive ketones (excluding diaryl/α,β-unsaturated/α-hetero) is 1. The molecule has 0 amide bonds. The van der Waals surface area contributed by atoms with E-state index in [1.54, 1.807) is 0 Å². The predicted octanol–water partition coefficient (Wildman–Crippen LogP) is 6.08. The molecule has 4 aliphatic rings. The van der Waals surface area contributed by atoms with Crippen LogP contribution < -0.4 is 0 Å². The molecule has 4 fully saturated rings. The first-order valence-corrected chi connectivity index (χ1v) is 14.0. The Morgan fingerprint density at radius 3 is 2.67 bits per heavy atom. The zero-order chi connectivity index (χ0) is 25.5. The molecule has 5 nitrogen and oxygen atoms in total. The van der Waals surface area contributed by atoms with E-state index in [4.69, 9.17) is 0 Å². The van der Waals surface area contributed by atoms with E-state index in [-0.39, 0.29) is 34.7 Å². The predicted molar refractivity (Wildman–Crippen MR) is 133 cm³/mol. The highest BCUT2D eigenvalue weighted by Crippen LogP contribution is 2.69. The van der Waals surface area contributed by atoms with Crippen LogP contribution in [0.25, 0.3) is 11.0 Å². The van der Waals surface area contributed by atoms with Crippen molar-refractivity contribution in [2.45, 2.75) is 97.1 Å². The smallest absolute Gasteiger partial charge is 0.186 e. The summed E-state index contributed by atoms with van der Waals surface area (Å²) in [5.41, 5.74) is -0.0112. The number of carbonyl (C=O) groups is 1. The van der Waals surface area contributed by atoms with Crippen LogP contribution in [0.3, 0.4) is 0 Å². The van der Waals surface area contributed by atoms with Crippen molar-refractivity contribution in [2.75, 3.05) is 0 Å².